The molecule has 1 aliphatic heterocycles. The molecule has 0 fully saturated rings. The maximum Gasteiger partial charge on any atom is 0.255 e. The molecule has 0 unspecified atom stereocenters. The van der Waals surface area contributed by atoms with Crippen LogP contribution in [0.5, 0.6) is 5.75 Å². The molecule has 38 heavy (non-hydrogen) atoms. The molecule has 1 aromatic rings. The molecule has 2 rings (SSSR count). The summed E-state index contributed by atoms with van der Waals surface area (Å²) in [6.45, 7) is 5.61. The van der Waals surface area contributed by atoms with E-state index in [2.05, 4.69) is 26.6 Å². The number of carbonyl (C=O) groups is 5. The summed E-state index contributed by atoms with van der Waals surface area (Å²) in [6, 6.07) is 3.99. The third-order valence-corrected chi connectivity index (χ3v) is 5.78. The quantitative estimate of drug-likeness (QED) is 0.229. The van der Waals surface area contributed by atoms with E-state index in [9.17, 15) is 29.1 Å². The van der Waals surface area contributed by atoms with Crippen LogP contribution in [0.4, 0.5) is 0 Å². The maximum absolute atomic E-state index is 13.1. The van der Waals surface area contributed by atoms with Crippen LogP contribution in [-0.2, 0) is 19.2 Å². The molecule has 0 radical (unpaired) electrons. The molecule has 0 bridgehead atoms. The molecule has 1 aliphatic rings. The Morgan fingerprint density at radius 2 is 1.84 bits per heavy atom. The molecule has 0 saturated heterocycles. The molecule has 210 valence electrons. The van der Waals surface area contributed by atoms with E-state index in [1.54, 1.807) is 32.0 Å². The van der Waals surface area contributed by atoms with Crippen molar-refractivity contribution in [1.29, 1.82) is 0 Å². The van der Waals surface area contributed by atoms with E-state index in [0.717, 1.165) is 0 Å². The summed E-state index contributed by atoms with van der Waals surface area (Å²) < 4.78 is 5.69. The predicted molar refractivity (Wildman–Crippen MR) is 136 cm³/mol. The van der Waals surface area contributed by atoms with Crippen molar-refractivity contribution in [2.75, 3.05) is 26.3 Å². The summed E-state index contributed by atoms with van der Waals surface area (Å²) in [7, 11) is 0. The van der Waals surface area contributed by atoms with Gasteiger partial charge in [0.05, 0.1) is 31.2 Å². The zero-order valence-corrected chi connectivity index (χ0v) is 22.0. The molecule has 3 atom stereocenters. The second-order valence-electron chi connectivity index (χ2n) is 9.82. The van der Waals surface area contributed by atoms with Gasteiger partial charge in [-0.25, -0.2) is 0 Å². The minimum atomic E-state index is -1.47. The van der Waals surface area contributed by atoms with Gasteiger partial charge in [0.25, 0.3) is 5.91 Å². The minimum Gasteiger partial charge on any atom is -0.491 e. The SMILES string of the molecule is CC(C)[C@H]1NC(=O)C(C)(C)NC(=O)C[C@@H](C(=O)NC[C@@H](O)CO)NC(=O)c2ccccc2OCCNC1=O. The van der Waals surface area contributed by atoms with E-state index in [0.29, 0.717) is 0 Å². The van der Waals surface area contributed by atoms with E-state index in [1.807, 2.05) is 0 Å². The Morgan fingerprint density at radius 1 is 1.16 bits per heavy atom. The lowest BCUT2D eigenvalue weighted by molar-refractivity contribution is -0.136. The molecule has 13 nitrogen and oxygen atoms in total. The van der Waals surface area contributed by atoms with Crippen molar-refractivity contribution < 1.29 is 38.9 Å². The third-order valence-electron chi connectivity index (χ3n) is 5.78. The van der Waals surface area contributed by atoms with Crippen molar-refractivity contribution >= 4 is 29.5 Å². The first-order chi connectivity index (χ1) is 17.9. The highest BCUT2D eigenvalue weighted by Crippen LogP contribution is 2.18. The number of carbonyl (C=O) groups excluding carboxylic acids is 5. The Bertz CT molecular complexity index is 1030. The van der Waals surface area contributed by atoms with E-state index >= 15 is 0 Å². The number of amides is 5. The normalized spacial score (nSPS) is 22.0. The van der Waals surface area contributed by atoms with Gasteiger partial charge >= 0.3 is 0 Å². The number of ether oxygens (including phenoxy) is 1. The zero-order valence-electron chi connectivity index (χ0n) is 22.0. The van der Waals surface area contributed by atoms with Crippen LogP contribution in [-0.4, -0.2) is 89.8 Å². The lowest BCUT2D eigenvalue weighted by Gasteiger charge is -2.30. The molecule has 0 saturated carbocycles. The third kappa shape index (κ3) is 8.70. The van der Waals surface area contributed by atoms with Gasteiger partial charge in [-0.3, -0.25) is 24.0 Å². The van der Waals surface area contributed by atoms with E-state index in [-0.39, 0.29) is 36.9 Å². The molecule has 5 amide bonds. The van der Waals surface area contributed by atoms with Gasteiger partial charge in [-0.1, -0.05) is 26.0 Å². The number of hydrogen-bond acceptors (Lipinski definition) is 8. The van der Waals surface area contributed by atoms with Crippen LogP contribution in [0.1, 0.15) is 44.5 Å². The van der Waals surface area contributed by atoms with Gasteiger partial charge in [-0.2, -0.15) is 0 Å². The van der Waals surface area contributed by atoms with Crippen molar-refractivity contribution in [3.05, 3.63) is 29.8 Å². The zero-order chi connectivity index (χ0) is 28.5. The number of benzene rings is 1. The van der Waals surface area contributed by atoms with Crippen molar-refractivity contribution in [3.8, 4) is 5.75 Å². The molecule has 0 spiro atoms. The van der Waals surface area contributed by atoms with Crippen LogP contribution >= 0.6 is 0 Å². The van der Waals surface area contributed by atoms with Crippen LogP contribution < -0.4 is 31.3 Å². The lowest BCUT2D eigenvalue weighted by atomic mass is 9.99. The average molecular weight is 536 g/mol. The summed E-state index contributed by atoms with van der Waals surface area (Å²) in [5.74, 6) is -3.35. The second-order valence-corrected chi connectivity index (χ2v) is 9.82. The van der Waals surface area contributed by atoms with Gasteiger partial charge in [0.1, 0.15) is 30.0 Å². The number of nitrogens with one attached hydrogen (secondary N) is 5. The van der Waals surface area contributed by atoms with E-state index in [1.165, 1.54) is 19.9 Å². The molecule has 1 aromatic carbocycles. The van der Waals surface area contributed by atoms with E-state index < -0.39 is 66.3 Å². The van der Waals surface area contributed by atoms with Gasteiger partial charge in [-0.15, -0.1) is 0 Å². The molecule has 0 aliphatic carbocycles. The first-order valence-corrected chi connectivity index (χ1v) is 12.3. The summed E-state index contributed by atoms with van der Waals surface area (Å²) in [6.07, 6.45) is -1.78. The molecular formula is C25H37N5O8. The van der Waals surface area contributed by atoms with Gasteiger partial charge in [0, 0.05) is 6.54 Å². The van der Waals surface area contributed by atoms with Crippen LogP contribution in [0, 0.1) is 5.92 Å². The van der Waals surface area contributed by atoms with Gasteiger partial charge in [0.15, 0.2) is 0 Å². The summed E-state index contributed by atoms with van der Waals surface area (Å²) >= 11 is 0. The summed E-state index contributed by atoms with van der Waals surface area (Å²) in [5, 5.41) is 31.4. The van der Waals surface area contributed by atoms with Crippen molar-refractivity contribution in [2.45, 2.75) is 57.8 Å². The van der Waals surface area contributed by atoms with Crippen LogP contribution in [0.3, 0.4) is 0 Å². The predicted octanol–water partition coefficient (Wildman–Crippen LogP) is -1.81. The van der Waals surface area contributed by atoms with Crippen molar-refractivity contribution in [1.82, 2.24) is 26.6 Å². The van der Waals surface area contributed by atoms with Crippen LogP contribution in [0.25, 0.3) is 0 Å². The summed E-state index contributed by atoms with van der Waals surface area (Å²) in [4.78, 5) is 64.6. The van der Waals surface area contributed by atoms with Gasteiger partial charge in [-0.05, 0) is 31.9 Å². The highest BCUT2D eigenvalue weighted by atomic mass is 16.5. The Hall–Kier alpha value is -3.71. The second kappa shape index (κ2) is 13.7. The fraction of sp³-hybridized carbons (Fsp3) is 0.560. The van der Waals surface area contributed by atoms with Crippen molar-refractivity contribution in [2.24, 2.45) is 5.92 Å². The molecule has 13 heteroatoms. The highest BCUT2D eigenvalue weighted by Gasteiger charge is 2.35. The Kier molecular flexibility index (Phi) is 11.0. The van der Waals surface area contributed by atoms with Gasteiger partial charge in [0.2, 0.25) is 23.6 Å². The van der Waals surface area contributed by atoms with Gasteiger partial charge < -0.3 is 41.5 Å². The lowest BCUT2D eigenvalue weighted by Crippen LogP contribution is -2.61. The monoisotopic (exact) mass is 535 g/mol. The Morgan fingerprint density at radius 3 is 2.50 bits per heavy atom. The Balaban J connectivity index is 2.39. The molecule has 0 aromatic heterocycles. The maximum atomic E-state index is 13.1. The molecule has 1 heterocycles. The summed E-state index contributed by atoms with van der Waals surface area (Å²) in [5.41, 5.74) is -1.37. The van der Waals surface area contributed by atoms with Crippen LogP contribution in [0.2, 0.25) is 0 Å². The Labute approximate surface area is 221 Å². The number of aliphatic hydroxyl groups is 2. The number of fused-ring (bicyclic) bond motifs is 1. The number of aliphatic hydroxyl groups excluding tert-OH is 2. The average Bonchev–Trinajstić information content (AvgIpc) is 2.86. The highest BCUT2D eigenvalue weighted by molar-refractivity contribution is 6.01. The number of rotatable bonds is 5. The first kappa shape index (κ1) is 30.5. The van der Waals surface area contributed by atoms with Crippen LogP contribution in [0.15, 0.2) is 24.3 Å². The standard InChI is InChI=1S/C25H37N5O8/c1-14(2)20-23(36)26-9-10-38-18-8-6-5-7-16(18)21(34)28-17(22(35)27-12-15(32)13-31)11-19(33)30-25(3,4)24(37)29-20/h5-8,14-15,17,20,31-32H,9-13H2,1-4H3,(H,26,36)(H,27,35)(H,28,34)(H,29,37)(H,30,33)/t15-,17+,20-/m1/s1. The number of para-hydroxylation sites is 1. The van der Waals surface area contributed by atoms with Crippen molar-refractivity contribution in [3.63, 3.8) is 0 Å². The topological polar surface area (TPSA) is 195 Å². The van der Waals surface area contributed by atoms with E-state index in [4.69, 9.17) is 9.84 Å². The fourth-order valence-corrected chi connectivity index (χ4v) is 3.58. The fourth-order valence-electron chi connectivity index (χ4n) is 3.58. The largest absolute Gasteiger partial charge is 0.491 e. The smallest absolute Gasteiger partial charge is 0.255 e. The molecular weight excluding hydrogens is 498 g/mol. The minimum absolute atomic E-state index is 0.0172. The number of hydrogen-bond donors (Lipinski definition) is 7. The molecule has 7 N–H and O–H groups in total. The first-order valence-electron chi connectivity index (χ1n) is 12.3.